The van der Waals surface area contributed by atoms with Crippen LogP contribution in [-0.4, -0.2) is 54.0 Å². The smallest absolute Gasteiger partial charge is 0.269 e. The third-order valence-corrected chi connectivity index (χ3v) is 5.95. The van der Waals surface area contributed by atoms with E-state index in [1.807, 2.05) is 12.2 Å². The topological polar surface area (TPSA) is 83.8 Å². The van der Waals surface area contributed by atoms with Crippen LogP contribution in [0.2, 0.25) is 0 Å². The first-order valence-corrected chi connectivity index (χ1v) is 8.67. The Kier molecular flexibility index (Phi) is 3.98. The Balaban J connectivity index is 1.70. The van der Waals surface area contributed by atoms with E-state index >= 15 is 0 Å². The molecule has 0 saturated carbocycles. The van der Waals surface area contributed by atoms with Gasteiger partial charge < -0.3 is 0 Å². The third kappa shape index (κ3) is 3.03. The Bertz CT molecular complexity index is 691. The van der Waals surface area contributed by atoms with Crippen LogP contribution in [0, 0.1) is 10.1 Å². The molecule has 0 amide bonds. The number of hydrogen-bond acceptors (Lipinski definition) is 5. The van der Waals surface area contributed by atoms with Crippen LogP contribution in [0.25, 0.3) is 0 Å². The predicted molar refractivity (Wildman–Crippen MR) is 81.8 cm³/mol. The summed E-state index contributed by atoms with van der Waals surface area (Å²) in [4.78, 5) is 12.3. The summed E-state index contributed by atoms with van der Waals surface area (Å²) in [6, 6.07) is 6.04. The van der Waals surface area contributed by atoms with E-state index in [4.69, 9.17) is 0 Å². The SMILES string of the molecule is O=[N+]([O-])c1ccc(CN2CC(N3CC=CC3)CS2(=O)=O)cc1. The number of non-ortho nitro benzene ring substituents is 1. The Hall–Kier alpha value is -1.77. The lowest BCUT2D eigenvalue weighted by Gasteiger charge is -2.22. The molecule has 2 aliphatic rings. The second kappa shape index (κ2) is 5.79. The van der Waals surface area contributed by atoms with Crippen molar-refractivity contribution in [1.29, 1.82) is 0 Å². The highest BCUT2D eigenvalue weighted by atomic mass is 32.2. The van der Waals surface area contributed by atoms with E-state index in [1.165, 1.54) is 16.4 Å². The maximum absolute atomic E-state index is 12.3. The zero-order valence-electron chi connectivity index (χ0n) is 12.0. The Labute approximate surface area is 129 Å². The number of benzene rings is 1. The fourth-order valence-electron chi connectivity index (χ4n) is 2.85. The van der Waals surface area contributed by atoms with Crippen LogP contribution in [-0.2, 0) is 16.6 Å². The molecule has 118 valence electrons. The summed E-state index contributed by atoms with van der Waals surface area (Å²) in [6.45, 7) is 2.33. The van der Waals surface area contributed by atoms with Gasteiger partial charge in [0, 0.05) is 44.4 Å². The van der Waals surface area contributed by atoms with Crippen molar-refractivity contribution in [2.75, 3.05) is 25.4 Å². The molecular weight excluding hydrogens is 306 g/mol. The molecule has 1 aromatic rings. The molecule has 2 aliphatic heterocycles. The average molecular weight is 323 g/mol. The monoisotopic (exact) mass is 323 g/mol. The van der Waals surface area contributed by atoms with Crippen molar-refractivity contribution in [2.24, 2.45) is 0 Å². The van der Waals surface area contributed by atoms with Gasteiger partial charge in [-0.1, -0.05) is 24.3 Å². The van der Waals surface area contributed by atoms with Gasteiger partial charge >= 0.3 is 0 Å². The Morgan fingerprint density at radius 2 is 1.82 bits per heavy atom. The maximum atomic E-state index is 12.3. The quantitative estimate of drug-likeness (QED) is 0.468. The van der Waals surface area contributed by atoms with Gasteiger partial charge in [0.15, 0.2) is 0 Å². The van der Waals surface area contributed by atoms with Gasteiger partial charge in [-0.05, 0) is 5.56 Å². The molecule has 0 bridgehead atoms. The Morgan fingerprint density at radius 3 is 2.41 bits per heavy atom. The normalized spacial score (nSPS) is 24.8. The van der Waals surface area contributed by atoms with Crippen LogP contribution in [0.15, 0.2) is 36.4 Å². The van der Waals surface area contributed by atoms with Gasteiger partial charge in [-0.25, -0.2) is 8.42 Å². The first kappa shape index (κ1) is 15.1. The minimum absolute atomic E-state index is 0.00838. The van der Waals surface area contributed by atoms with Crippen LogP contribution in [0.1, 0.15) is 5.56 Å². The molecule has 1 aromatic carbocycles. The molecule has 0 radical (unpaired) electrons. The molecule has 0 aromatic heterocycles. The lowest BCUT2D eigenvalue weighted by atomic mass is 10.2. The van der Waals surface area contributed by atoms with E-state index in [0.29, 0.717) is 6.54 Å². The lowest BCUT2D eigenvalue weighted by Crippen LogP contribution is -2.37. The van der Waals surface area contributed by atoms with Gasteiger partial charge in [-0.15, -0.1) is 0 Å². The summed E-state index contributed by atoms with van der Waals surface area (Å²) in [5.41, 5.74) is 0.767. The molecule has 1 saturated heterocycles. The first-order chi connectivity index (χ1) is 10.5. The minimum Gasteiger partial charge on any atom is -0.291 e. The number of nitro groups is 1. The van der Waals surface area contributed by atoms with E-state index in [9.17, 15) is 18.5 Å². The van der Waals surface area contributed by atoms with Gasteiger partial charge in [0.25, 0.3) is 5.69 Å². The molecular formula is C14H17N3O4S. The van der Waals surface area contributed by atoms with Gasteiger partial charge in [0.1, 0.15) is 0 Å². The Morgan fingerprint density at radius 1 is 1.18 bits per heavy atom. The molecule has 8 heteroatoms. The number of sulfonamides is 1. The highest BCUT2D eigenvalue weighted by Gasteiger charge is 2.38. The number of nitrogens with zero attached hydrogens (tertiary/aromatic N) is 3. The summed E-state index contributed by atoms with van der Waals surface area (Å²) in [5.74, 6) is 0.141. The molecule has 0 aliphatic carbocycles. The summed E-state index contributed by atoms with van der Waals surface area (Å²) < 4.78 is 26.0. The molecule has 0 spiro atoms. The standard InChI is InChI=1S/C14H17N3O4S/c18-17(19)13-5-3-12(4-6-13)9-16-10-14(11-22(16,20)21)15-7-1-2-8-15/h1-6,14H,7-11H2. The molecule has 3 rings (SSSR count). The van der Waals surface area contributed by atoms with E-state index in [1.54, 1.807) is 12.1 Å². The van der Waals surface area contributed by atoms with Gasteiger partial charge in [0.2, 0.25) is 10.0 Å². The third-order valence-electron chi connectivity index (χ3n) is 4.08. The van der Waals surface area contributed by atoms with Crippen molar-refractivity contribution in [3.05, 3.63) is 52.1 Å². The minimum atomic E-state index is -3.27. The number of rotatable bonds is 4. The molecule has 22 heavy (non-hydrogen) atoms. The molecule has 0 N–H and O–H groups in total. The van der Waals surface area contributed by atoms with Crippen LogP contribution < -0.4 is 0 Å². The van der Waals surface area contributed by atoms with Crippen LogP contribution in [0.4, 0.5) is 5.69 Å². The summed E-state index contributed by atoms with van der Waals surface area (Å²) in [6.07, 6.45) is 4.09. The van der Waals surface area contributed by atoms with Gasteiger partial charge in [-0.3, -0.25) is 15.0 Å². The van der Waals surface area contributed by atoms with E-state index < -0.39 is 14.9 Å². The van der Waals surface area contributed by atoms with Crippen molar-refractivity contribution < 1.29 is 13.3 Å². The van der Waals surface area contributed by atoms with Crippen molar-refractivity contribution in [3.8, 4) is 0 Å². The van der Waals surface area contributed by atoms with E-state index in [0.717, 1.165) is 18.7 Å². The summed E-state index contributed by atoms with van der Waals surface area (Å²) in [5, 5.41) is 10.6. The summed E-state index contributed by atoms with van der Waals surface area (Å²) >= 11 is 0. The average Bonchev–Trinajstić information content (AvgIpc) is 3.08. The fraction of sp³-hybridized carbons (Fsp3) is 0.429. The zero-order chi connectivity index (χ0) is 15.7. The van der Waals surface area contributed by atoms with Crippen molar-refractivity contribution >= 4 is 15.7 Å². The van der Waals surface area contributed by atoms with Crippen LogP contribution in [0.5, 0.6) is 0 Å². The summed E-state index contributed by atoms with van der Waals surface area (Å²) in [7, 11) is -3.27. The number of hydrogen-bond donors (Lipinski definition) is 0. The molecule has 1 unspecified atom stereocenters. The highest BCUT2D eigenvalue weighted by Crippen LogP contribution is 2.23. The fourth-order valence-corrected chi connectivity index (χ4v) is 4.61. The lowest BCUT2D eigenvalue weighted by molar-refractivity contribution is -0.384. The highest BCUT2D eigenvalue weighted by molar-refractivity contribution is 7.89. The van der Waals surface area contributed by atoms with Crippen molar-refractivity contribution in [3.63, 3.8) is 0 Å². The van der Waals surface area contributed by atoms with Crippen LogP contribution >= 0.6 is 0 Å². The van der Waals surface area contributed by atoms with Gasteiger partial charge in [0.05, 0.1) is 10.7 Å². The second-order valence-electron chi connectivity index (χ2n) is 5.57. The maximum Gasteiger partial charge on any atom is 0.269 e. The second-order valence-corrected chi connectivity index (χ2v) is 7.59. The molecule has 1 fully saturated rings. The van der Waals surface area contributed by atoms with Crippen LogP contribution in [0.3, 0.4) is 0 Å². The largest absolute Gasteiger partial charge is 0.291 e. The van der Waals surface area contributed by atoms with E-state index in [2.05, 4.69) is 4.90 Å². The molecule has 2 heterocycles. The van der Waals surface area contributed by atoms with Crippen molar-refractivity contribution in [2.45, 2.75) is 12.6 Å². The van der Waals surface area contributed by atoms with Gasteiger partial charge in [-0.2, -0.15) is 4.31 Å². The molecule has 1 atom stereocenters. The van der Waals surface area contributed by atoms with E-state index in [-0.39, 0.29) is 24.0 Å². The number of nitro benzene ring substituents is 1. The molecule has 7 nitrogen and oxygen atoms in total. The predicted octanol–water partition coefficient (Wildman–Crippen LogP) is 0.981. The zero-order valence-corrected chi connectivity index (χ0v) is 12.8. The first-order valence-electron chi connectivity index (χ1n) is 7.06. The van der Waals surface area contributed by atoms with Crippen molar-refractivity contribution in [1.82, 2.24) is 9.21 Å².